The first kappa shape index (κ1) is 13.3. The Morgan fingerprint density at radius 1 is 1.29 bits per heavy atom. The fourth-order valence-corrected chi connectivity index (χ4v) is 1.50. The fraction of sp³-hybridized carbons (Fsp3) is 0.417. The third-order valence-electron chi connectivity index (χ3n) is 2.58. The van der Waals surface area contributed by atoms with Crippen molar-refractivity contribution in [1.82, 2.24) is 5.01 Å². The van der Waals surface area contributed by atoms with Gasteiger partial charge in [0.05, 0.1) is 20.6 Å². The molecule has 0 radical (unpaired) electrons. The Morgan fingerprint density at radius 3 is 2.29 bits per heavy atom. The van der Waals surface area contributed by atoms with Gasteiger partial charge in [-0.2, -0.15) is 0 Å². The van der Waals surface area contributed by atoms with Crippen molar-refractivity contribution >= 4 is 5.91 Å². The smallest absolute Gasteiger partial charge is 0.240 e. The lowest BCUT2D eigenvalue weighted by molar-refractivity contribution is -0.129. The highest BCUT2D eigenvalue weighted by atomic mass is 16.5. The van der Waals surface area contributed by atoms with Gasteiger partial charge < -0.3 is 9.47 Å². The van der Waals surface area contributed by atoms with Crippen LogP contribution in [0.3, 0.4) is 0 Å². The Kier molecular flexibility index (Phi) is 4.34. The molecule has 0 fully saturated rings. The second-order valence-corrected chi connectivity index (χ2v) is 3.82. The number of rotatable bonds is 4. The molecule has 0 atom stereocenters. The molecule has 0 saturated carbocycles. The molecule has 1 amide bonds. The van der Waals surface area contributed by atoms with Crippen molar-refractivity contribution in [2.24, 2.45) is 5.84 Å². The predicted octanol–water partition coefficient (Wildman–Crippen LogP) is 0.887. The van der Waals surface area contributed by atoms with E-state index in [1.54, 1.807) is 20.3 Å². The van der Waals surface area contributed by atoms with Crippen molar-refractivity contribution in [1.29, 1.82) is 0 Å². The molecule has 1 aromatic rings. The van der Waals surface area contributed by atoms with E-state index in [1.165, 1.54) is 7.05 Å². The van der Waals surface area contributed by atoms with E-state index in [1.807, 2.05) is 13.0 Å². The fourth-order valence-electron chi connectivity index (χ4n) is 1.50. The Balaban J connectivity index is 3.04. The van der Waals surface area contributed by atoms with Crippen LogP contribution in [-0.2, 0) is 11.2 Å². The number of methoxy groups -OCH3 is 2. The number of amides is 1. The molecule has 2 N–H and O–H groups in total. The molecule has 0 heterocycles. The van der Waals surface area contributed by atoms with Gasteiger partial charge in [0.15, 0.2) is 11.5 Å². The summed E-state index contributed by atoms with van der Waals surface area (Å²) >= 11 is 0. The highest BCUT2D eigenvalue weighted by Crippen LogP contribution is 2.30. The van der Waals surface area contributed by atoms with E-state index >= 15 is 0 Å². The SMILES string of the molecule is COc1cc(C)c(CC(=O)N(C)N)cc1OC. The maximum absolute atomic E-state index is 11.5. The molecule has 0 aliphatic heterocycles. The Hall–Kier alpha value is -1.75. The van der Waals surface area contributed by atoms with Crippen LogP contribution in [-0.4, -0.2) is 32.2 Å². The molecule has 94 valence electrons. The van der Waals surface area contributed by atoms with Crippen LogP contribution in [0, 0.1) is 6.92 Å². The summed E-state index contributed by atoms with van der Waals surface area (Å²) in [5, 5.41) is 1.08. The molecule has 0 saturated heterocycles. The van der Waals surface area contributed by atoms with Crippen LogP contribution >= 0.6 is 0 Å². The summed E-state index contributed by atoms with van der Waals surface area (Å²) in [5.74, 6) is 6.50. The molecule has 1 rings (SSSR count). The lowest BCUT2D eigenvalue weighted by atomic mass is 10.0. The van der Waals surface area contributed by atoms with Gasteiger partial charge in [0.25, 0.3) is 0 Å². The van der Waals surface area contributed by atoms with Crippen LogP contribution < -0.4 is 15.3 Å². The highest BCUT2D eigenvalue weighted by molar-refractivity contribution is 5.78. The van der Waals surface area contributed by atoms with E-state index in [0.29, 0.717) is 11.5 Å². The van der Waals surface area contributed by atoms with Crippen LogP contribution in [0.2, 0.25) is 0 Å². The van der Waals surface area contributed by atoms with Gasteiger partial charge in [-0.3, -0.25) is 9.80 Å². The van der Waals surface area contributed by atoms with Crippen molar-refractivity contribution in [2.75, 3.05) is 21.3 Å². The van der Waals surface area contributed by atoms with Crippen LogP contribution in [0.15, 0.2) is 12.1 Å². The monoisotopic (exact) mass is 238 g/mol. The lowest BCUT2D eigenvalue weighted by Crippen LogP contribution is -2.34. The molecular formula is C12H18N2O3. The molecule has 0 aliphatic carbocycles. The predicted molar refractivity (Wildman–Crippen MR) is 64.9 cm³/mol. The summed E-state index contributed by atoms with van der Waals surface area (Å²) in [6, 6.07) is 3.65. The minimum Gasteiger partial charge on any atom is -0.493 e. The van der Waals surface area contributed by atoms with Gasteiger partial charge in [-0.25, -0.2) is 5.84 Å². The number of hydrogen-bond donors (Lipinski definition) is 1. The number of benzene rings is 1. The van der Waals surface area contributed by atoms with Crippen molar-refractivity contribution < 1.29 is 14.3 Å². The molecule has 0 aliphatic rings. The number of likely N-dealkylation sites (N-methyl/N-ethyl adjacent to an activating group) is 1. The number of nitrogens with two attached hydrogens (primary N) is 1. The van der Waals surface area contributed by atoms with Gasteiger partial charge in [0.2, 0.25) is 5.91 Å². The Labute approximate surface area is 101 Å². The second kappa shape index (κ2) is 5.54. The average Bonchev–Trinajstić information content (AvgIpc) is 2.30. The molecule has 0 unspecified atom stereocenters. The van der Waals surface area contributed by atoms with Gasteiger partial charge in [0, 0.05) is 7.05 Å². The lowest BCUT2D eigenvalue weighted by Gasteiger charge is -2.14. The van der Waals surface area contributed by atoms with Crippen LogP contribution in [0.5, 0.6) is 11.5 Å². The standard InChI is InChI=1S/C12H18N2O3/c1-8-5-10(16-3)11(17-4)6-9(8)7-12(15)14(2)13/h5-6H,7,13H2,1-4H3. The summed E-state index contributed by atoms with van der Waals surface area (Å²) in [5.41, 5.74) is 1.85. The third-order valence-corrected chi connectivity index (χ3v) is 2.58. The van der Waals surface area contributed by atoms with Crippen molar-refractivity contribution in [3.05, 3.63) is 23.3 Å². The van der Waals surface area contributed by atoms with Crippen LogP contribution in [0.4, 0.5) is 0 Å². The number of aryl methyl sites for hydroxylation is 1. The second-order valence-electron chi connectivity index (χ2n) is 3.82. The first-order valence-electron chi connectivity index (χ1n) is 5.22. The number of hydrazine groups is 1. The number of nitrogens with zero attached hydrogens (tertiary/aromatic N) is 1. The summed E-state index contributed by atoms with van der Waals surface area (Å²) in [7, 11) is 4.67. The number of carbonyl (C=O) groups excluding carboxylic acids is 1. The number of hydrogen-bond acceptors (Lipinski definition) is 4. The zero-order chi connectivity index (χ0) is 13.0. The van der Waals surface area contributed by atoms with E-state index in [-0.39, 0.29) is 12.3 Å². The summed E-state index contributed by atoms with van der Waals surface area (Å²) in [6.45, 7) is 1.92. The first-order chi connectivity index (χ1) is 7.99. The van der Waals surface area contributed by atoms with E-state index in [4.69, 9.17) is 15.3 Å². The minimum atomic E-state index is -0.152. The molecular weight excluding hydrogens is 220 g/mol. The maximum atomic E-state index is 11.5. The van der Waals surface area contributed by atoms with E-state index in [2.05, 4.69) is 0 Å². The zero-order valence-corrected chi connectivity index (χ0v) is 10.6. The Morgan fingerprint density at radius 2 is 1.82 bits per heavy atom. The van der Waals surface area contributed by atoms with Crippen molar-refractivity contribution in [3.8, 4) is 11.5 Å². The largest absolute Gasteiger partial charge is 0.493 e. The van der Waals surface area contributed by atoms with Gasteiger partial charge in [0.1, 0.15) is 0 Å². The normalized spacial score (nSPS) is 9.94. The highest BCUT2D eigenvalue weighted by Gasteiger charge is 2.12. The zero-order valence-electron chi connectivity index (χ0n) is 10.6. The van der Waals surface area contributed by atoms with E-state index in [0.717, 1.165) is 16.1 Å². The van der Waals surface area contributed by atoms with E-state index in [9.17, 15) is 4.79 Å². The third kappa shape index (κ3) is 3.10. The molecule has 1 aromatic carbocycles. The van der Waals surface area contributed by atoms with Crippen LogP contribution in [0.1, 0.15) is 11.1 Å². The topological polar surface area (TPSA) is 64.8 Å². The molecule has 0 bridgehead atoms. The average molecular weight is 238 g/mol. The number of carbonyl (C=O) groups is 1. The molecule has 5 heteroatoms. The van der Waals surface area contributed by atoms with Crippen molar-refractivity contribution in [3.63, 3.8) is 0 Å². The van der Waals surface area contributed by atoms with Gasteiger partial charge in [-0.05, 0) is 30.2 Å². The Bertz CT molecular complexity index is 416. The molecule has 17 heavy (non-hydrogen) atoms. The summed E-state index contributed by atoms with van der Waals surface area (Å²) < 4.78 is 10.4. The number of ether oxygens (including phenoxy) is 2. The first-order valence-corrected chi connectivity index (χ1v) is 5.22. The summed E-state index contributed by atoms with van der Waals surface area (Å²) in [6.07, 6.45) is 0.249. The van der Waals surface area contributed by atoms with Gasteiger partial charge in [-0.15, -0.1) is 0 Å². The van der Waals surface area contributed by atoms with Crippen molar-refractivity contribution in [2.45, 2.75) is 13.3 Å². The van der Waals surface area contributed by atoms with E-state index < -0.39 is 0 Å². The van der Waals surface area contributed by atoms with Gasteiger partial charge >= 0.3 is 0 Å². The molecule has 0 spiro atoms. The van der Waals surface area contributed by atoms with Crippen LogP contribution in [0.25, 0.3) is 0 Å². The quantitative estimate of drug-likeness (QED) is 0.480. The minimum absolute atomic E-state index is 0.152. The van der Waals surface area contributed by atoms with Gasteiger partial charge in [-0.1, -0.05) is 0 Å². The summed E-state index contributed by atoms with van der Waals surface area (Å²) in [4.78, 5) is 11.5. The maximum Gasteiger partial charge on any atom is 0.240 e. The molecule has 5 nitrogen and oxygen atoms in total. The molecule has 0 aromatic heterocycles.